The van der Waals surface area contributed by atoms with E-state index in [0.717, 1.165) is 6.54 Å². The van der Waals surface area contributed by atoms with Gasteiger partial charge in [0.25, 0.3) is 0 Å². The average molecular weight is 251 g/mol. The summed E-state index contributed by atoms with van der Waals surface area (Å²) >= 11 is 0. The first kappa shape index (κ1) is 15.1. The number of likely N-dealkylation sites (N-methyl/N-ethyl adjacent to an activating group) is 1. The van der Waals surface area contributed by atoms with E-state index in [9.17, 15) is 0 Å². The molecular formula is C14H25N3O. The molecule has 0 fully saturated rings. The summed E-state index contributed by atoms with van der Waals surface area (Å²) in [5.41, 5.74) is 8.43. The number of aromatic nitrogens is 1. The Morgan fingerprint density at radius 3 is 2.72 bits per heavy atom. The van der Waals surface area contributed by atoms with Crippen LogP contribution in [-0.4, -0.2) is 42.7 Å². The summed E-state index contributed by atoms with van der Waals surface area (Å²) in [6.07, 6.45) is 3.75. The second-order valence-electron chi connectivity index (χ2n) is 4.62. The third-order valence-corrected chi connectivity index (χ3v) is 3.40. The zero-order valence-corrected chi connectivity index (χ0v) is 11.9. The first-order valence-corrected chi connectivity index (χ1v) is 6.50. The van der Waals surface area contributed by atoms with E-state index < -0.39 is 0 Å². The lowest BCUT2D eigenvalue weighted by Crippen LogP contribution is -2.42. The van der Waals surface area contributed by atoms with Gasteiger partial charge in [-0.2, -0.15) is 0 Å². The van der Waals surface area contributed by atoms with Crippen molar-refractivity contribution in [3.8, 4) is 0 Å². The molecule has 2 N–H and O–H groups in total. The molecule has 0 aliphatic heterocycles. The molecule has 4 heteroatoms. The molecule has 1 rings (SSSR count). The fourth-order valence-electron chi connectivity index (χ4n) is 2.44. The normalized spacial score (nSPS) is 14.8. The predicted molar refractivity (Wildman–Crippen MR) is 74.5 cm³/mol. The molecule has 0 saturated heterocycles. The van der Waals surface area contributed by atoms with Crippen molar-refractivity contribution in [3.63, 3.8) is 0 Å². The van der Waals surface area contributed by atoms with Gasteiger partial charge in [-0.15, -0.1) is 0 Å². The molecule has 1 heterocycles. The number of methoxy groups -OCH3 is 1. The number of hydrogen-bond acceptors (Lipinski definition) is 4. The zero-order valence-electron chi connectivity index (χ0n) is 11.9. The lowest BCUT2D eigenvalue weighted by Gasteiger charge is -2.35. The minimum atomic E-state index is 0.203. The molecule has 2 atom stereocenters. The number of hydrogen-bond donors (Lipinski definition) is 1. The van der Waals surface area contributed by atoms with E-state index in [4.69, 9.17) is 10.5 Å². The van der Waals surface area contributed by atoms with Crippen molar-refractivity contribution in [3.05, 3.63) is 29.6 Å². The highest BCUT2D eigenvalue weighted by atomic mass is 16.5. The second-order valence-corrected chi connectivity index (χ2v) is 4.62. The van der Waals surface area contributed by atoms with Crippen molar-refractivity contribution >= 4 is 0 Å². The van der Waals surface area contributed by atoms with Gasteiger partial charge in [0.15, 0.2) is 0 Å². The number of nitrogens with two attached hydrogens (primary N) is 1. The lowest BCUT2D eigenvalue weighted by atomic mass is 10.0. The monoisotopic (exact) mass is 251 g/mol. The van der Waals surface area contributed by atoms with Gasteiger partial charge in [0.05, 0.1) is 6.61 Å². The van der Waals surface area contributed by atoms with Gasteiger partial charge in [-0.3, -0.25) is 9.88 Å². The SMILES string of the molecule is CCN(C(C)COC)C(CN)c1cnccc1C. The molecule has 0 aromatic carbocycles. The van der Waals surface area contributed by atoms with Gasteiger partial charge in [0, 0.05) is 38.1 Å². The Kier molecular flexibility index (Phi) is 6.25. The predicted octanol–water partition coefficient (Wildman–Crippen LogP) is 1.75. The van der Waals surface area contributed by atoms with Gasteiger partial charge < -0.3 is 10.5 Å². The van der Waals surface area contributed by atoms with E-state index in [1.165, 1.54) is 11.1 Å². The summed E-state index contributed by atoms with van der Waals surface area (Å²) in [7, 11) is 1.73. The first-order valence-electron chi connectivity index (χ1n) is 6.50. The van der Waals surface area contributed by atoms with Gasteiger partial charge in [-0.1, -0.05) is 6.92 Å². The maximum atomic E-state index is 5.97. The Morgan fingerprint density at radius 1 is 1.50 bits per heavy atom. The molecule has 0 aliphatic carbocycles. The summed E-state index contributed by atoms with van der Waals surface area (Å²) < 4.78 is 5.25. The van der Waals surface area contributed by atoms with Gasteiger partial charge in [-0.25, -0.2) is 0 Å². The molecular weight excluding hydrogens is 226 g/mol. The zero-order chi connectivity index (χ0) is 13.5. The topological polar surface area (TPSA) is 51.4 Å². The number of ether oxygens (including phenoxy) is 1. The van der Waals surface area contributed by atoms with Crippen LogP contribution in [0.3, 0.4) is 0 Å². The van der Waals surface area contributed by atoms with Crippen LogP contribution in [-0.2, 0) is 4.74 Å². The second kappa shape index (κ2) is 7.46. The molecule has 102 valence electrons. The lowest BCUT2D eigenvalue weighted by molar-refractivity contribution is 0.0748. The first-order chi connectivity index (χ1) is 8.65. The van der Waals surface area contributed by atoms with Crippen molar-refractivity contribution in [2.75, 3.05) is 26.8 Å². The minimum Gasteiger partial charge on any atom is -0.383 e. The highest BCUT2D eigenvalue weighted by molar-refractivity contribution is 5.25. The van der Waals surface area contributed by atoms with Gasteiger partial charge in [-0.05, 0) is 37.6 Å². The molecule has 0 bridgehead atoms. The van der Waals surface area contributed by atoms with E-state index in [1.54, 1.807) is 7.11 Å². The van der Waals surface area contributed by atoms with Crippen LogP contribution in [0.25, 0.3) is 0 Å². The van der Waals surface area contributed by atoms with Gasteiger partial charge in [0.1, 0.15) is 0 Å². The standard InChI is InChI=1S/C14H25N3O/c1-5-17(12(3)10-18-4)14(8-15)13-9-16-7-6-11(13)2/h6-7,9,12,14H,5,8,10,15H2,1-4H3. The van der Waals surface area contributed by atoms with Gasteiger partial charge in [0.2, 0.25) is 0 Å². The molecule has 4 nitrogen and oxygen atoms in total. The Labute approximate surface area is 110 Å². The molecule has 1 aromatic rings. The quantitative estimate of drug-likeness (QED) is 0.802. The van der Waals surface area contributed by atoms with Crippen LogP contribution in [0.15, 0.2) is 18.5 Å². The van der Waals surface area contributed by atoms with E-state index in [2.05, 4.69) is 30.7 Å². The van der Waals surface area contributed by atoms with Gasteiger partial charge >= 0.3 is 0 Å². The van der Waals surface area contributed by atoms with E-state index in [-0.39, 0.29) is 6.04 Å². The number of nitrogens with zero attached hydrogens (tertiary/aromatic N) is 2. The molecule has 0 amide bonds. The molecule has 18 heavy (non-hydrogen) atoms. The molecule has 1 aromatic heterocycles. The maximum absolute atomic E-state index is 5.97. The average Bonchev–Trinajstić information content (AvgIpc) is 2.37. The van der Waals surface area contributed by atoms with Crippen molar-refractivity contribution in [1.82, 2.24) is 9.88 Å². The fourth-order valence-corrected chi connectivity index (χ4v) is 2.44. The van der Waals surface area contributed by atoms with Crippen LogP contribution in [0.1, 0.15) is 31.0 Å². The molecule has 0 radical (unpaired) electrons. The Hall–Kier alpha value is -0.970. The van der Waals surface area contributed by atoms with E-state index in [1.807, 2.05) is 18.5 Å². The Morgan fingerprint density at radius 2 is 2.22 bits per heavy atom. The summed E-state index contributed by atoms with van der Waals surface area (Å²) in [4.78, 5) is 6.59. The summed E-state index contributed by atoms with van der Waals surface area (Å²) in [5.74, 6) is 0. The molecule has 0 saturated carbocycles. The third kappa shape index (κ3) is 3.51. The smallest absolute Gasteiger partial charge is 0.0615 e. The van der Waals surface area contributed by atoms with Crippen LogP contribution in [0.4, 0.5) is 0 Å². The van der Waals surface area contributed by atoms with E-state index >= 15 is 0 Å². The van der Waals surface area contributed by atoms with Crippen LogP contribution in [0, 0.1) is 6.92 Å². The third-order valence-electron chi connectivity index (χ3n) is 3.40. The Balaban J connectivity index is 2.96. The maximum Gasteiger partial charge on any atom is 0.0615 e. The molecule has 2 unspecified atom stereocenters. The van der Waals surface area contributed by atoms with E-state index in [0.29, 0.717) is 19.2 Å². The van der Waals surface area contributed by atoms with Crippen LogP contribution in [0.2, 0.25) is 0 Å². The van der Waals surface area contributed by atoms with Crippen molar-refractivity contribution in [2.45, 2.75) is 32.9 Å². The van der Waals surface area contributed by atoms with Crippen LogP contribution >= 0.6 is 0 Å². The van der Waals surface area contributed by atoms with Crippen molar-refractivity contribution in [1.29, 1.82) is 0 Å². The molecule has 0 spiro atoms. The number of rotatable bonds is 7. The van der Waals surface area contributed by atoms with Crippen LogP contribution in [0.5, 0.6) is 0 Å². The van der Waals surface area contributed by atoms with Crippen molar-refractivity contribution in [2.24, 2.45) is 5.73 Å². The minimum absolute atomic E-state index is 0.203. The number of aryl methyl sites for hydroxylation is 1. The summed E-state index contributed by atoms with van der Waals surface area (Å²) in [5, 5.41) is 0. The highest BCUT2D eigenvalue weighted by Gasteiger charge is 2.23. The van der Waals surface area contributed by atoms with Crippen LogP contribution < -0.4 is 5.73 Å². The Bertz CT molecular complexity index is 357. The largest absolute Gasteiger partial charge is 0.383 e. The summed E-state index contributed by atoms with van der Waals surface area (Å²) in [6, 6.07) is 2.58. The molecule has 0 aliphatic rings. The van der Waals surface area contributed by atoms with Crippen molar-refractivity contribution < 1.29 is 4.74 Å². The fraction of sp³-hybridized carbons (Fsp3) is 0.643. The highest BCUT2D eigenvalue weighted by Crippen LogP contribution is 2.24. The number of pyridine rings is 1. The summed E-state index contributed by atoms with van der Waals surface area (Å²) in [6.45, 7) is 8.68.